The van der Waals surface area contributed by atoms with Crippen LogP contribution in [0.25, 0.3) is 0 Å². The van der Waals surface area contributed by atoms with Crippen molar-refractivity contribution in [3.63, 3.8) is 0 Å². The van der Waals surface area contributed by atoms with E-state index in [1.807, 2.05) is 0 Å². The van der Waals surface area contributed by atoms with Crippen molar-refractivity contribution >= 4 is 18.1 Å². The second-order valence-corrected chi connectivity index (χ2v) is 4.32. The fraction of sp³-hybridized carbons (Fsp3) is 0.600. The smallest absolute Gasteiger partial charge is 0.462 e. The average Bonchev–Trinajstić information content (AvgIpc) is 3.00. The highest BCUT2D eigenvalue weighted by Crippen LogP contribution is 2.06. The highest BCUT2D eigenvalue weighted by molar-refractivity contribution is 5.66. The lowest BCUT2D eigenvalue weighted by Gasteiger charge is -2.04. The van der Waals surface area contributed by atoms with Gasteiger partial charge in [0, 0.05) is 13.8 Å². The number of esters is 2. The third-order valence-corrected chi connectivity index (χ3v) is 2.36. The Morgan fingerprint density at radius 1 is 1.08 bits per heavy atom. The minimum Gasteiger partial charge on any atom is -0.462 e. The Morgan fingerprint density at radius 3 is 2.08 bits per heavy atom. The van der Waals surface area contributed by atoms with Gasteiger partial charge in [0.15, 0.2) is 24.2 Å². The van der Waals surface area contributed by atoms with E-state index in [2.05, 4.69) is 27.8 Å². The van der Waals surface area contributed by atoms with Gasteiger partial charge in [0.2, 0.25) is 0 Å². The van der Waals surface area contributed by atoms with E-state index < -0.39 is 30.0 Å². The van der Waals surface area contributed by atoms with Gasteiger partial charge in [-0.25, -0.2) is 9.59 Å². The lowest BCUT2D eigenvalue weighted by Crippen LogP contribution is -2.19. The quantitative estimate of drug-likeness (QED) is 0.577. The topological polar surface area (TPSA) is 131 Å². The van der Waals surface area contributed by atoms with E-state index >= 15 is 0 Å². The molecule has 0 amide bonds. The highest BCUT2D eigenvalue weighted by Gasteiger charge is 2.25. The second kappa shape index (κ2) is 11.7. The standard InChI is InChI=1S/C7H8O5.C6H8O5.2CH4/c1-4-6(3-10-5(2)8)12-7(9)11-4;1-4(7)9-2-5-3-10-6(8)11-5;;/h3H2,1-2H3;5H,2-3H2,1H3;2*1H4. The number of carbonyl (C=O) groups is 3. The molecule has 0 saturated carbocycles. The monoisotopic (exact) mass is 364 g/mol. The summed E-state index contributed by atoms with van der Waals surface area (Å²) < 4.78 is 27.3. The molecule has 1 aliphatic rings. The SMILES string of the molecule is C.C.CC(=O)OCC1COC(=O)O1.CC(=O)OCc1oc(=O)oc1C. The van der Waals surface area contributed by atoms with Gasteiger partial charge in [0.05, 0.1) is 0 Å². The fourth-order valence-electron chi connectivity index (χ4n) is 1.33. The average molecular weight is 364 g/mol. The molecule has 0 radical (unpaired) electrons. The molecule has 0 bridgehead atoms. The van der Waals surface area contributed by atoms with Crippen LogP contribution in [0.15, 0.2) is 13.6 Å². The molecule has 10 nitrogen and oxygen atoms in total. The zero-order chi connectivity index (χ0) is 17.4. The second-order valence-electron chi connectivity index (χ2n) is 4.32. The predicted molar refractivity (Wildman–Crippen MR) is 83.8 cm³/mol. The molecule has 0 aliphatic carbocycles. The molecule has 144 valence electrons. The summed E-state index contributed by atoms with van der Waals surface area (Å²) in [4.78, 5) is 41.4. The van der Waals surface area contributed by atoms with Crippen molar-refractivity contribution in [2.45, 2.75) is 48.3 Å². The predicted octanol–water partition coefficient (Wildman–Crippen LogP) is 1.96. The Balaban J connectivity index is 0. The van der Waals surface area contributed by atoms with Crippen LogP contribution in [0.5, 0.6) is 0 Å². The highest BCUT2D eigenvalue weighted by atomic mass is 16.8. The maximum atomic E-state index is 10.5. The molecular weight excluding hydrogens is 340 g/mol. The molecular formula is C15H24O10. The first-order valence-corrected chi connectivity index (χ1v) is 6.47. The van der Waals surface area contributed by atoms with Gasteiger partial charge in [-0.2, -0.15) is 0 Å². The van der Waals surface area contributed by atoms with Crippen LogP contribution in [-0.2, 0) is 35.1 Å². The van der Waals surface area contributed by atoms with Crippen LogP contribution in [0, 0.1) is 6.92 Å². The number of hydrogen-bond donors (Lipinski definition) is 0. The number of cyclic esters (lactones) is 2. The minimum absolute atomic E-state index is 0. The van der Waals surface area contributed by atoms with Crippen molar-refractivity contribution < 1.29 is 42.2 Å². The van der Waals surface area contributed by atoms with Crippen LogP contribution < -0.4 is 5.82 Å². The molecule has 2 heterocycles. The van der Waals surface area contributed by atoms with E-state index in [0.717, 1.165) is 0 Å². The van der Waals surface area contributed by atoms with Crippen LogP contribution in [-0.4, -0.2) is 37.4 Å². The first-order valence-electron chi connectivity index (χ1n) is 6.47. The van der Waals surface area contributed by atoms with Crippen molar-refractivity contribution in [1.29, 1.82) is 0 Å². The number of ether oxygens (including phenoxy) is 4. The van der Waals surface area contributed by atoms with Gasteiger partial charge in [0.25, 0.3) is 0 Å². The van der Waals surface area contributed by atoms with Crippen molar-refractivity contribution in [2.24, 2.45) is 0 Å². The molecule has 1 fully saturated rings. The largest absolute Gasteiger partial charge is 0.519 e. The van der Waals surface area contributed by atoms with E-state index in [0.29, 0.717) is 5.76 Å². The molecule has 1 aliphatic heterocycles. The maximum Gasteiger partial charge on any atom is 0.519 e. The van der Waals surface area contributed by atoms with Gasteiger partial charge in [-0.1, -0.05) is 14.9 Å². The van der Waals surface area contributed by atoms with Gasteiger partial charge in [0.1, 0.15) is 13.2 Å². The summed E-state index contributed by atoms with van der Waals surface area (Å²) in [6.07, 6.45) is -1.14. The van der Waals surface area contributed by atoms with Crippen molar-refractivity contribution in [2.75, 3.05) is 13.2 Å². The molecule has 10 heteroatoms. The molecule has 2 rings (SSSR count). The Bertz CT molecular complexity index is 612. The minimum atomic E-state index is -0.783. The number of carbonyl (C=O) groups excluding carboxylic acids is 3. The van der Waals surface area contributed by atoms with E-state index in [-0.39, 0.29) is 40.4 Å². The number of aryl methyl sites for hydroxylation is 1. The zero-order valence-electron chi connectivity index (χ0n) is 12.8. The van der Waals surface area contributed by atoms with Crippen LogP contribution in [0.1, 0.15) is 40.2 Å². The summed E-state index contributed by atoms with van der Waals surface area (Å²) >= 11 is 0. The molecule has 0 N–H and O–H groups in total. The number of rotatable bonds is 4. The Kier molecular flexibility index (Phi) is 11.5. The van der Waals surface area contributed by atoms with E-state index in [1.54, 1.807) is 6.92 Å². The zero-order valence-corrected chi connectivity index (χ0v) is 12.8. The molecule has 1 unspecified atom stereocenters. The summed E-state index contributed by atoms with van der Waals surface area (Å²) in [6, 6.07) is 0. The van der Waals surface area contributed by atoms with E-state index in [9.17, 15) is 19.2 Å². The third kappa shape index (κ3) is 9.84. The van der Waals surface area contributed by atoms with Crippen LogP contribution in [0.3, 0.4) is 0 Å². The van der Waals surface area contributed by atoms with Gasteiger partial charge >= 0.3 is 23.9 Å². The summed E-state index contributed by atoms with van der Waals surface area (Å²) in [6.45, 7) is 4.29. The van der Waals surface area contributed by atoms with Gasteiger partial charge < -0.3 is 27.8 Å². The first kappa shape index (κ1) is 24.5. The van der Waals surface area contributed by atoms with Crippen LogP contribution in [0.4, 0.5) is 4.79 Å². The molecule has 1 atom stereocenters. The van der Waals surface area contributed by atoms with Gasteiger partial charge in [-0.15, -0.1) is 0 Å². The molecule has 0 spiro atoms. The van der Waals surface area contributed by atoms with E-state index in [4.69, 9.17) is 0 Å². The lowest BCUT2D eigenvalue weighted by atomic mass is 10.4. The Hall–Kier alpha value is -2.78. The van der Waals surface area contributed by atoms with Gasteiger partial charge in [-0.3, -0.25) is 9.59 Å². The third-order valence-electron chi connectivity index (χ3n) is 2.36. The van der Waals surface area contributed by atoms with Crippen molar-refractivity contribution in [3.8, 4) is 0 Å². The molecule has 1 aromatic rings. The summed E-state index contributed by atoms with van der Waals surface area (Å²) in [5.41, 5.74) is 0. The normalized spacial score (nSPS) is 14.5. The summed E-state index contributed by atoms with van der Waals surface area (Å²) in [5.74, 6) is -1.03. The maximum absolute atomic E-state index is 10.5. The molecule has 1 aromatic heterocycles. The fourth-order valence-corrected chi connectivity index (χ4v) is 1.33. The van der Waals surface area contributed by atoms with Crippen LogP contribution in [0.2, 0.25) is 0 Å². The molecule has 1 saturated heterocycles. The Morgan fingerprint density at radius 2 is 1.68 bits per heavy atom. The van der Waals surface area contributed by atoms with Crippen molar-refractivity contribution in [3.05, 3.63) is 22.1 Å². The van der Waals surface area contributed by atoms with Crippen molar-refractivity contribution in [1.82, 2.24) is 0 Å². The summed E-state index contributed by atoms with van der Waals surface area (Å²) in [7, 11) is 0. The Labute approximate surface area is 145 Å². The number of hydrogen-bond acceptors (Lipinski definition) is 10. The first-order chi connectivity index (χ1) is 10.8. The lowest BCUT2D eigenvalue weighted by molar-refractivity contribution is -0.144. The summed E-state index contributed by atoms with van der Waals surface area (Å²) in [5, 5.41) is 0. The van der Waals surface area contributed by atoms with Crippen LogP contribution >= 0.6 is 0 Å². The van der Waals surface area contributed by atoms with Gasteiger partial charge in [-0.05, 0) is 6.92 Å². The molecule has 0 aromatic carbocycles. The van der Waals surface area contributed by atoms with E-state index in [1.165, 1.54) is 13.8 Å². The molecule has 25 heavy (non-hydrogen) atoms.